The molecule has 1 unspecified atom stereocenters. The van der Waals surface area contributed by atoms with Gasteiger partial charge in [-0.25, -0.2) is 8.78 Å². The Hall–Kier alpha value is -1.00. The predicted molar refractivity (Wildman–Crippen MR) is 70.5 cm³/mol. The van der Waals surface area contributed by atoms with E-state index in [-0.39, 0.29) is 11.6 Å². The maximum absolute atomic E-state index is 13.1. The lowest BCUT2D eigenvalue weighted by Gasteiger charge is -2.34. The van der Waals surface area contributed by atoms with Crippen LogP contribution in [0.5, 0.6) is 0 Å². The molecular weight excluding hydrogens is 234 g/mol. The normalized spacial score (nSPS) is 14.0. The summed E-state index contributed by atoms with van der Waals surface area (Å²) < 4.78 is 26.0. The molecule has 0 fully saturated rings. The lowest BCUT2D eigenvalue weighted by Crippen LogP contribution is -2.47. The lowest BCUT2D eigenvalue weighted by molar-refractivity contribution is 0.185. The summed E-state index contributed by atoms with van der Waals surface area (Å²) >= 11 is 0. The van der Waals surface area contributed by atoms with E-state index in [9.17, 15) is 8.78 Å². The standard InChI is InChI=1S/C14H22F2N2/c1-10(17-9-14(2,3)18(4)5)11-6-7-12(15)13(16)8-11/h6-8,10,17H,9H2,1-5H3. The fourth-order valence-electron chi connectivity index (χ4n) is 1.46. The van der Waals surface area contributed by atoms with E-state index in [0.29, 0.717) is 0 Å². The third kappa shape index (κ3) is 3.75. The van der Waals surface area contributed by atoms with Crippen LogP contribution in [0.25, 0.3) is 0 Å². The van der Waals surface area contributed by atoms with Crippen LogP contribution in [-0.2, 0) is 0 Å². The quantitative estimate of drug-likeness (QED) is 0.871. The van der Waals surface area contributed by atoms with Gasteiger partial charge in [0.1, 0.15) is 0 Å². The van der Waals surface area contributed by atoms with E-state index in [1.807, 2.05) is 21.0 Å². The van der Waals surface area contributed by atoms with Crippen LogP contribution < -0.4 is 5.32 Å². The molecule has 1 aromatic rings. The molecule has 4 heteroatoms. The molecule has 0 saturated carbocycles. The Bertz CT molecular complexity index is 403. The van der Waals surface area contributed by atoms with Gasteiger partial charge in [0.05, 0.1) is 0 Å². The Kier molecular flexibility index (Phi) is 4.82. The Morgan fingerprint density at radius 3 is 2.33 bits per heavy atom. The molecule has 0 aliphatic rings. The minimum Gasteiger partial charge on any atom is -0.308 e. The van der Waals surface area contributed by atoms with Crippen molar-refractivity contribution in [3.05, 3.63) is 35.4 Å². The summed E-state index contributed by atoms with van der Waals surface area (Å²) in [4.78, 5) is 2.12. The van der Waals surface area contributed by atoms with Crippen molar-refractivity contribution in [1.82, 2.24) is 10.2 Å². The number of halogens is 2. The first-order chi connectivity index (χ1) is 8.24. The van der Waals surface area contributed by atoms with Gasteiger partial charge in [0, 0.05) is 18.1 Å². The molecular formula is C14H22F2N2. The van der Waals surface area contributed by atoms with Gasteiger partial charge < -0.3 is 10.2 Å². The topological polar surface area (TPSA) is 15.3 Å². The summed E-state index contributed by atoms with van der Waals surface area (Å²) in [6.07, 6.45) is 0. The molecule has 2 nitrogen and oxygen atoms in total. The maximum Gasteiger partial charge on any atom is 0.159 e. The highest BCUT2D eigenvalue weighted by Crippen LogP contribution is 2.17. The number of hydrogen-bond acceptors (Lipinski definition) is 2. The molecule has 0 heterocycles. The fraction of sp³-hybridized carbons (Fsp3) is 0.571. The Labute approximate surface area is 108 Å². The minimum absolute atomic E-state index is 0.00678. The predicted octanol–water partition coefficient (Wildman–Crippen LogP) is 2.96. The van der Waals surface area contributed by atoms with Gasteiger partial charge in [0.25, 0.3) is 0 Å². The lowest BCUT2D eigenvalue weighted by atomic mass is 10.0. The van der Waals surface area contributed by atoms with E-state index in [4.69, 9.17) is 0 Å². The van der Waals surface area contributed by atoms with Crippen LogP contribution in [0, 0.1) is 11.6 Å². The van der Waals surface area contributed by atoms with E-state index in [2.05, 4.69) is 24.1 Å². The van der Waals surface area contributed by atoms with Gasteiger partial charge in [-0.05, 0) is 52.6 Å². The SMILES string of the molecule is CC(NCC(C)(C)N(C)C)c1ccc(F)c(F)c1. The van der Waals surface area contributed by atoms with E-state index in [1.165, 1.54) is 12.1 Å². The van der Waals surface area contributed by atoms with Crippen LogP contribution in [0.3, 0.4) is 0 Å². The third-order valence-electron chi connectivity index (χ3n) is 3.50. The zero-order valence-corrected chi connectivity index (χ0v) is 11.7. The van der Waals surface area contributed by atoms with Crippen LogP contribution >= 0.6 is 0 Å². The minimum atomic E-state index is -0.806. The van der Waals surface area contributed by atoms with Crippen LogP contribution in [0.15, 0.2) is 18.2 Å². The summed E-state index contributed by atoms with van der Waals surface area (Å²) in [5.74, 6) is -1.60. The maximum atomic E-state index is 13.1. The van der Waals surface area contributed by atoms with E-state index >= 15 is 0 Å². The van der Waals surface area contributed by atoms with Crippen molar-refractivity contribution in [1.29, 1.82) is 0 Å². The number of nitrogens with zero attached hydrogens (tertiary/aromatic N) is 1. The van der Waals surface area contributed by atoms with Gasteiger partial charge in [0.15, 0.2) is 11.6 Å². The van der Waals surface area contributed by atoms with Gasteiger partial charge in [-0.3, -0.25) is 0 Å². The molecule has 1 N–H and O–H groups in total. The van der Waals surface area contributed by atoms with Crippen molar-refractivity contribution < 1.29 is 8.78 Å². The first kappa shape index (κ1) is 15.1. The first-order valence-corrected chi connectivity index (χ1v) is 6.10. The molecule has 0 radical (unpaired) electrons. The van der Waals surface area contributed by atoms with E-state index < -0.39 is 11.6 Å². The van der Waals surface area contributed by atoms with Gasteiger partial charge in [-0.1, -0.05) is 6.07 Å². The molecule has 0 saturated heterocycles. The van der Waals surface area contributed by atoms with Crippen molar-refractivity contribution in [2.24, 2.45) is 0 Å². The van der Waals surface area contributed by atoms with Crippen LogP contribution in [-0.4, -0.2) is 31.1 Å². The highest BCUT2D eigenvalue weighted by Gasteiger charge is 2.21. The van der Waals surface area contributed by atoms with Crippen LogP contribution in [0.2, 0.25) is 0 Å². The monoisotopic (exact) mass is 256 g/mol. The van der Waals surface area contributed by atoms with Gasteiger partial charge in [0.2, 0.25) is 0 Å². The average molecular weight is 256 g/mol. The first-order valence-electron chi connectivity index (χ1n) is 6.10. The number of hydrogen-bond donors (Lipinski definition) is 1. The molecule has 0 amide bonds. The summed E-state index contributed by atoms with van der Waals surface area (Å²) in [7, 11) is 4.04. The van der Waals surface area contributed by atoms with Gasteiger partial charge in [-0.15, -0.1) is 0 Å². The zero-order valence-electron chi connectivity index (χ0n) is 11.7. The Balaban J connectivity index is 2.66. The fourth-order valence-corrected chi connectivity index (χ4v) is 1.46. The van der Waals surface area contributed by atoms with Crippen molar-refractivity contribution in [3.63, 3.8) is 0 Å². The number of nitrogens with one attached hydrogen (secondary N) is 1. The summed E-state index contributed by atoms with van der Waals surface area (Å²) in [6.45, 7) is 6.95. The van der Waals surface area contributed by atoms with Crippen LogP contribution in [0.4, 0.5) is 8.78 Å². The van der Waals surface area contributed by atoms with Crippen LogP contribution in [0.1, 0.15) is 32.4 Å². The van der Waals surface area contributed by atoms with Crippen molar-refractivity contribution >= 4 is 0 Å². The highest BCUT2D eigenvalue weighted by molar-refractivity contribution is 5.20. The van der Waals surface area contributed by atoms with Gasteiger partial charge >= 0.3 is 0 Å². The molecule has 1 rings (SSSR count). The molecule has 0 spiro atoms. The summed E-state index contributed by atoms with van der Waals surface area (Å²) in [5, 5.41) is 3.34. The molecule has 0 aliphatic carbocycles. The zero-order chi connectivity index (χ0) is 13.9. The Morgan fingerprint density at radius 1 is 1.22 bits per heavy atom. The van der Waals surface area contributed by atoms with Crippen molar-refractivity contribution in [2.45, 2.75) is 32.4 Å². The largest absolute Gasteiger partial charge is 0.308 e. The number of rotatable bonds is 5. The average Bonchev–Trinajstić information content (AvgIpc) is 2.29. The van der Waals surface area contributed by atoms with E-state index in [0.717, 1.165) is 12.1 Å². The molecule has 0 bridgehead atoms. The number of benzene rings is 1. The summed E-state index contributed by atoms with van der Waals surface area (Å²) in [5.41, 5.74) is 0.760. The molecule has 18 heavy (non-hydrogen) atoms. The smallest absolute Gasteiger partial charge is 0.159 e. The number of likely N-dealkylation sites (N-methyl/N-ethyl adjacent to an activating group) is 1. The summed E-state index contributed by atoms with van der Waals surface area (Å²) in [6, 6.07) is 4.01. The molecule has 0 aromatic heterocycles. The highest BCUT2D eigenvalue weighted by atomic mass is 19.2. The second kappa shape index (κ2) is 5.76. The molecule has 1 aromatic carbocycles. The van der Waals surface area contributed by atoms with Crippen molar-refractivity contribution in [3.8, 4) is 0 Å². The van der Waals surface area contributed by atoms with E-state index in [1.54, 1.807) is 6.07 Å². The Morgan fingerprint density at radius 2 is 1.83 bits per heavy atom. The second-order valence-electron chi connectivity index (χ2n) is 5.48. The van der Waals surface area contributed by atoms with Gasteiger partial charge in [-0.2, -0.15) is 0 Å². The molecule has 0 aliphatic heterocycles. The molecule has 1 atom stereocenters. The van der Waals surface area contributed by atoms with Crippen molar-refractivity contribution in [2.75, 3.05) is 20.6 Å². The third-order valence-corrected chi connectivity index (χ3v) is 3.50. The second-order valence-corrected chi connectivity index (χ2v) is 5.48. The molecule has 102 valence electrons.